The van der Waals surface area contributed by atoms with Gasteiger partial charge >= 0.3 is 0 Å². The van der Waals surface area contributed by atoms with Crippen LogP contribution >= 0.6 is 22.9 Å². The maximum atomic E-state index is 6.14. The molecule has 1 aromatic heterocycles. The fourth-order valence-corrected chi connectivity index (χ4v) is 4.55. The van der Waals surface area contributed by atoms with Crippen LogP contribution in [0.5, 0.6) is 0 Å². The number of benzene rings is 1. The molecule has 2 aliphatic carbocycles. The van der Waals surface area contributed by atoms with Crippen molar-refractivity contribution in [1.29, 1.82) is 0 Å². The average Bonchev–Trinajstić information content (AvgIpc) is 3.27. The van der Waals surface area contributed by atoms with Gasteiger partial charge in [-0.3, -0.25) is 4.99 Å². The lowest BCUT2D eigenvalue weighted by Gasteiger charge is -2.12. The minimum absolute atomic E-state index is 0.550. The van der Waals surface area contributed by atoms with E-state index in [1.54, 1.807) is 18.4 Å². The second-order valence-corrected chi connectivity index (χ2v) is 7.43. The third-order valence-electron chi connectivity index (χ3n) is 4.70. The van der Waals surface area contributed by atoms with E-state index in [2.05, 4.69) is 34.8 Å². The molecule has 1 aromatic carbocycles. The van der Waals surface area contributed by atoms with E-state index in [-0.39, 0.29) is 0 Å². The Morgan fingerprint density at radius 2 is 2.22 bits per heavy atom. The van der Waals surface area contributed by atoms with Crippen molar-refractivity contribution >= 4 is 29.2 Å². The molecular formula is C18H18ClN3S. The van der Waals surface area contributed by atoms with Gasteiger partial charge < -0.3 is 0 Å². The number of fused-ring (bicyclic) bond motifs is 2. The maximum absolute atomic E-state index is 6.14. The van der Waals surface area contributed by atoms with Crippen molar-refractivity contribution in [2.75, 3.05) is 7.05 Å². The van der Waals surface area contributed by atoms with Crippen LogP contribution in [-0.4, -0.2) is 17.9 Å². The standard InChI is InChI=1S/C18H18ClN3S/c1-20-18-22(21-10-15-8-12-5-6-13(15)7-12)17(11-23-18)14-3-2-4-16(19)9-14/h2-6,9-13,15H,7-8H2,1H3. The molecule has 1 heterocycles. The molecule has 2 bridgehead atoms. The van der Waals surface area contributed by atoms with Gasteiger partial charge in [-0.25, -0.2) is 4.68 Å². The molecule has 23 heavy (non-hydrogen) atoms. The molecule has 1 saturated carbocycles. The first-order valence-corrected chi connectivity index (χ1v) is 9.12. The van der Waals surface area contributed by atoms with Crippen LogP contribution in [0.2, 0.25) is 5.02 Å². The van der Waals surface area contributed by atoms with Crippen molar-refractivity contribution in [3.8, 4) is 11.3 Å². The Bertz CT molecular complexity index is 846. The molecule has 3 atom stereocenters. The molecule has 4 rings (SSSR count). The molecule has 2 aliphatic rings. The van der Waals surface area contributed by atoms with Gasteiger partial charge in [0.15, 0.2) is 0 Å². The number of thiazole rings is 1. The third-order valence-corrected chi connectivity index (χ3v) is 5.84. The molecule has 0 amide bonds. The van der Waals surface area contributed by atoms with E-state index < -0.39 is 0 Å². The fourth-order valence-electron chi connectivity index (χ4n) is 3.56. The molecule has 2 aromatic rings. The Morgan fingerprint density at radius 1 is 1.30 bits per heavy atom. The SMILES string of the molecule is CN=c1scc(-c2cccc(Cl)c2)n1N=CC1CC2C=CC1C2. The highest BCUT2D eigenvalue weighted by molar-refractivity contribution is 7.07. The Balaban J connectivity index is 1.70. The third kappa shape index (κ3) is 2.81. The number of allylic oxidation sites excluding steroid dienone is 2. The molecule has 0 N–H and O–H groups in total. The zero-order valence-corrected chi connectivity index (χ0v) is 14.5. The summed E-state index contributed by atoms with van der Waals surface area (Å²) < 4.78 is 1.94. The topological polar surface area (TPSA) is 29.6 Å². The molecule has 3 nitrogen and oxygen atoms in total. The van der Waals surface area contributed by atoms with Gasteiger partial charge in [-0.15, -0.1) is 11.3 Å². The Kier molecular flexibility index (Phi) is 3.95. The maximum Gasteiger partial charge on any atom is 0.205 e. The van der Waals surface area contributed by atoms with E-state index in [4.69, 9.17) is 16.7 Å². The van der Waals surface area contributed by atoms with E-state index in [1.165, 1.54) is 12.8 Å². The van der Waals surface area contributed by atoms with Gasteiger partial charge in [-0.1, -0.05) is 35.9 Å². The second kappa shape index (κ2) is 6.10. The van der Waals surface area contributed by atoms with Crippen LogP contribution < -0.4 is 4.80 Å². The van der Waals surface area contributed by atoms with E-state index >= 15 is 0 Å². The monoisotopic (exact) mass is 343 g/mol. The van der Waals surface area contributed by atoms with Gasteiger partial charge in [-0.05, 0) is 36.8 Å². The summed E-state index contributed by atoms with van der Waals surface area (Å²) in [5, 5.41) is 7.60. The van der Waals surface area contributed by atoms with Crippen molar-refractivity contribution in [2.24, 2.45) is 27.8 Å². The minimum atomic E-state index is 0.550. The summed E-state index contributed by atoms with van der Waals surface area (Å²) in [4.78, 5) is 5.25. The molecule has 1 fully saturated rings. The first kappa shape index (κ1) is 14.9. The van der Waals surface area contributed by atoms with Gasteiger partial charge in [0.05, 0.1) is 5.69 Å². The van der Waals surface area contributed by atoms with Crippen LogP contribution in [-0.2, 0) is 0 Å². The number of hydrogen-bond donors (Lipinski definition) is 0. The van der Waals surface area contributed by atoms with Crippen molar-refractivity contribution < 1.29 is 0 Å². The number of halogens is 1. The van der Waals surface area contributed by atoms with Crippen molar-refractivity contribution in [3.05, 3.63) is 51.6 Å². The van der Waals surface area contributed by atoms with Gasteiger partial charge in [0.2, 0.25) is 4.80 Å². The fraction of sp³-hybridized carbons (Fsp3) is 0.333. The predicted molar refractivity (Wildman–Crippen MR) is 97.0 cm³/mol. The van der Waals surface area contributed by atoms with E-state index in [0.29, 0.717) is 11.8 Å². The lowest BCUT2D eigenvalue weighted by atomic mass is 9.95. The van der Waals surface area contributed by atoms with Crippen LogP contribution in [0.1, 0.15) is 12.8 Å². The highest BCUT2D eigenvalue weighted by Gasteiger charge is 2.34. The van der Waals surface area contributed by atoms with E-state index in [0.717, 1.165) is 27.0 Å². The summed E-state index contributed by atoms with van der Waals surface area (Å²) in [5.74, 6) is 1.97. The predicted octanol–water partition coefficient (Wildman–Crippen LogP) is 4.45. The highest BCUT2D eigenvalue weighted by atomic mass is 35.5. The van der Waals surface area contributed by atoms with Crippen LogP contribution in [0.15, 0.2) is 51.9 Å². The zero-order valence-electron chi connectivity index (χ0n) is 12.9. The van der Waals surface area contributed by atoms with Gasteiger partial charge in [0.25, 0.3) is 0 Å². The Hall–Kier alpha value is -1.65. The molecule has 0 aliphatic heterocycles. The van der Waals surface area contributed by atoms with E-state index in [9.17, 15) is 0 Å². The summed E-state index contributed by atoms with van der Waals surface area (Å²) >= 11 is 7.74. The summed E-state index contributed by atoms with van der Waals surface area (Å²) in [7, 11) is 1.81. The first-order chi connectivity index (χ1) is 11.2. The summed E-state index contributed by atoms with van der Waals surface area (Å²) in [6, 6.07) is 7.87. The highest BCUT2D eigenvalue weighted by Crippen LogP contribution is 2.42. The average molecular weight is 344 g/mol. The molecule has 5 heteroatoms. The Morgan fingerprint density at radius 3 is 2.91 bits per heavy atom. The molecule has 0 saturated heterocycles. The Labute approximate surface area is 144 Å². The van der Waals surface area contributed by atoms with Gasteiger partial charge in [-0.2, -0.15) is 5.10 Å². The summed E-state index contributed by atoms with van der Waals surface area (Å²) in [6.45, 7) is 0. The number of rotatable bonds is 3. The number of hydrogen-bond acceptors (Lipinski definition) is 3. The smallest absolute Gasteiger partial charge is 0.205 e. The molecular weight excluding hydrogens is 326 g/mol. The first-order valence-electron chi connectivity index (χ1n) is 7.86. The van der Waals surface area contributed by atoms with Gasteiger partial charge in [0, 0.05) is 35.1 Å². The molecule has 0 radical (unpaired) electrons. The number of aromatic nitrogens is 1. The van der Waals surface area contributed by atoms with E-state index in [1.807, 2.05) is 22.9 Å². The van der Waals surface area contributed by atoms with Crippen molar-refractivity contribution in [1.82, 2.24) is 4.68 Å². The van der Waals surface area contributed by atoms with Crippen LogP contribution in [0.4, 0.5) is 0 Å². The normalized spacial score (nSPS) is 26.7. The molecule has 3 unspecified atom stereocenters. The summed E-state index contributed by atoms with van der Waals surface area (Å²) in [5.41, 5.74) is 2.10. The van der Waals surface area contributed by atoms with Crippen molar-refractivity contribution in [2.45, 2.75) is 12.8 Å². The quantitative estimate of drug-likeness (QED) is 0.582. The molecule has 0 spiro atoms. The number of nitrogens with zero attached hydrogens (tertiary/aromatic N) is 3. The van der Waals surface area contributed by atoms with Crippen LogP contribution in [0.25, 0.3) is 11.3 Å². The lowest BCUT2D eigenvalue weighted by molar-refractivity contribution is 0.590. The van der Waals surface area contributed by atoms with Crippen molar-refractivity contribution in [3.63, 3.8) is 0 Å². The minimum Gasteiger partial charge on any atom is -0.261 e. The summed E-state index contributed by atoms with van der Waals surface area (Å²) in [6.07, 6.45) is 9.34. The zero-order chi connectivity index (χ0) is 15.8. The largest absolute Gasteiger partial charge is 0.261 e. The second-order valence-electron chi connectivity index (χ2n) is 6.16. The lowest BCUT2D eigenvalue weighted by Crippen LogP contribution is -2.15. The van der Waals surface area contributed by atoms with Crippen LogP contribution in [0.3, 0.4) is 0 Å². The molecule has 118 valence electrons. The van der Waals surface area contributed by atoms with Crippen LogP contribution in [0, 0.1) is 17.8 Å². The van der Waals surface area contributed by atoms with Gasteiger partial charge in [0.1, 0.15) is 0 Å².